The molecule has 32 heavy (non-hydrogen) atoms. The number of aromatic carboxylic acids is 2. The molecule has 0 radical (unpaired) electrons. The van der Waals surface area contributed by atoms with Crippen molar-refractivity contribution >= 4 is 11.9 Å². The molecule has 4 aliphatic rings. The van der Waals surface area contributed by atoms with Crippen LogP contribution in [-0.2, 0) is 5.41 Å². The van der Waals surface area contributed by atoms with Crippen LogP contribution in [0.5, 0.6) is 0 Å². The van der Waals surface area contributed by atoms with E-state index in [2.05, 4.69) is 47.9 Å². The Morgan fingerprint density at radius 3 is 1.94 bits per heavy atom. The van der Waals surface area contributed by atoms with Crippen LogP contribution < -0.4 is 0 Å². The Kier molecular flexibility index (Phi) is 5.03. The Morgan fingerprint density at radius 2 is 1.38 bits per heavy atom. The highest BCUT2D eigenvalue weighted by atomic mass is 16.4. The van der Waals surface area contributed by atoms with Crippen LogP contribution in [0.1, 0.15) is 75.9 Å². The number of rotatable bonds is 3. The van der Waals surface area contributed by atoms with Gasteiger partial charge in [0.25, 0.3) is 0 Å². The fourth-order valence-corrected chi connectivity index (χ4v) is 6.54. The Labute approximate surface area is 187 Å². The maximum absolute atomic E-state index is 11.4. The number of benzene rings is 2. The van der Waals surface area contributed by atoms with Crippen LogP contribution >= 0.6 is 0 Å². The van der Waals surface area contributed by atoms with Crippen LogP contribution in [-0.4, -0.2) is 22.2 Å². The second kappa shape index (κ2) is 7.88. The molecule has 0 aliphatic heterocycles. The van der Waals surface area contributed by atoms with Crippen molar-refractivity contribution in [2.75, 3.05) is 0 Å². The molecule has 2 aromatic carbocycles. The molecule has 6 rings (SSSR count). The van der Waals surface area contributed by atoms with Crippen LogP contribution in [0.4, 0.5) is 0 Å². The molecule has 4 bridgehead atoms. The Morgan fingerprint density at radius 1 is 0.781 bits per heavy atom. The van der Waals surface area contributed by atoms with Gasteiger partial charge in [0.05, 0.1) is 11.1 Å². The van der Waals surface area contributed by atoms with Gasteiger partial charge in [-0.1, -0.05) is 24.0 Å². The molecule has 0 saturated heterocycles. The van der Waals surface area contributed by atoms with Crippen molar-refractivity contribution in [3.8, 4) is 23.7 Å². The third kappa shape index (κ3) is 3.78. The van der Waals surface area contributed by atoms with Crippen LogP contribution in [0.2, 0.25) is 0 Å². The van der Waals surface area contributed by atoms with Crippen molar-refractivity contribution in [3.05, 3.63) is 70.3 Å². The fraction of sp³-hybridized carbons (Fsp3) is 0.357. The standard InChI is InChI=1S/C28H24O4/c29-26(30)23-8-7-22(25(14-23)27(31)32)4-2-1-3-18-5-9-24(10-6-18)28-15-19-11-20(16-28)13-21(12-19)17-28/h5-10,14,19-21H,11-13,15-17H2,(H,29,30)(H,31,32). The molecule has 0 unspecified atom stereocenters. The van der Waals surface area contributed by atoms with Crippen molar-refractivity contribution in [1.82, 2.24) is 0 Å². The molecule has 4 fully saturated rings. The lowest BCUT2D eigenvalue weighted by Crippen LogP contribution is -2.48. The molecule has 0 aromatic heterocycles. The average molecular weight is 424 g/mol. The van der Waals surface area contributed by atoms with E-state index in [0.29, 0.717) is 5.41 Å². The highest BCUT2D eigenvalue weighted by Gasteiger charge is 2.51. The average Bonchev–Trinajstić information content (AvgIpc) is 2.76. The summed E-state index contributed by atoms with van der Waals surface area (Å²) in [6.07, 6.45) is 8.31. The molecule has 0 spiro atoms. The molecule has 160 valence electrons. The summed E-state index contributed by atoms with van der Waals surface area (Å²) in [6, 6.07) is 12.5. The van der Waals surface area contributed by atoms with Crippen LogP contribution in [0.25, 0.3) is 0 Å². The molecule has 4 aliphatic carbocycles. The minimum Gasteiger partial charge on any atom is -0.478 e. The highest BCUT2D eigenvalue weighted by Crippen LogP contribution is 2.60. The van der Waals surface area contributed by atoms with Gasteiger partial charge < -0.3 is 10.2 Å². The van der Waals surface area contributed by atoms with Crippen molar-refractivity contribution in [1.29, 1.82) is 0 Å². The number of hydrogen-bond donors (Lipinski definition) is 2. The van der Waals surface area contributed by atoms with Crippen molar-refractivity contribution < 1.29 is 19.8 Å². The number of carboxylic acid groups (broad SMARTS) is 2. The lowest BCUT2D eigenvalue weighted by molar-refractivity contribution is -0.00519. The third-order valence-electron chi connectivity index (χ3n) is 7.50. The summed E-state index contributed by atoms with van der Waals surface area (Å²) < 4.78 is 0. The molecular formula is C28H24O4. The normalized spacial score (nSPS) is 27.1. The van der Waals surface area contributed by atoms with Gasteiger partial charge in [-0.05, 0) is 109 Å². The molecule has 0 heterocycles. The second-order valence-electron chi connectivity index (χ2n) is 9.65. The van der Waals surface area contributed by atoms with Gasteiger partial charge in [0, 0.05) is 11.1 Å². The van der Waals surface area contributed by atoms with E-state index in [1.165, 1.54) is 56.2 Å². The van der Waals surface area contributed by atoms with Crippen molar-refractivity contribution in [3.63, 3.8) is 0 Å². The molecule has 2 aromatic rings. The van der Waals surface area contributed by atoms with Crippen molar-refractivity contribution in [2.45, 2.75) is 43.9 Å². The number of hydrogen-bond acceptors (Lipinski definition) is 2. The molecule has 0 atom stereocenters. The van der Waals surface area contributed by atoms with Gasteiger partial charge in [0.15, 0.2) is 0 Å². The topological polar surface area (TPSA) is 74.6 Å². The van der Waals surface area contributed by atoms with E-state index in [-0.39, 0.29) is 16.7 Å². The SMILES string of the molecule is O=C(O)c1ccc(C#CC#Cc2ccc(C34CC5CC(CC(C5)C3)C4)cc2)c(C(=O)O)c1. The summed E-state index contributed by atoms with van der Waals surface area (Å²) in [5.41, 5.74) is 2.73. The van der Waals surface area contributed by atoms with Gasteiger partial charge in [-0.3, -0.25) is 0 Å². The van der Waals surface area contributed by atoms with E-state index in [1.54, 1.807) is 0 Å². The minimum atomic E-state index is -1.22. The quantitative estimate of drug-likeness (QED) is 0.684. The molecule has 4 heteroatoms. The predicted molar refractivity (Wildman–Crippen MR) is 120 cm³/mol. The molecule has 4 nitrogen and oxygen atoms in total. The van der Waals surface area contributed by atoms with Crippen LogP contribution in [0, 0.1) is 41.4 Å². The van der Waals surface area contributed by atoms with E-state index < -0.39 is 11.9 Å². The number of carboxylic acids is 2. The van der Waals surface area contributed by atoms with Gasteiger partial charge >= 0.3 is 11.9 Å². The first-order chi connectivity index (χ1) is 15.4. The number of carbonyl (C=O) groups is 2. The zero-order valence-electron chi connectivity index (χ0n) is 17.7. The van der Waals surface area contributed by atoms with Gasteiger partial charge in [0.2, 0.25) is 0 Å². The summed E-state index contributed by atoms with van der Waals surface area (Å²) in [7, 11) is 0. The zero-order chi connectivity index (χ0) is 22.3. The van der Waals surface area contributed by atoms with Crippen LogP contribution in [0.3, 0.4) is 0 Å². The van der Waals surface area contributed by atoms with Crippen molar-refractivity contribution in [2.24, 2.45) is 17.8 Å². The van der Waals surface area contributed by atoms with Gasteiger partial charge in [-0.2, -0.15) is 0 Å². The lowest BCUT2D eigenvalue weighted by atomic mass is 9.48. The van der Waals surface area contributed by atoms with E-state index in [1.807, 2.05) is 0 Å². The maximum atomic E-state index is 11.4. The molecule has 2 N–H and O–H groups in total. The maximum Gasteiger partial charge on any atom is 0.336 e. The Bertz CT molecular complexity index is 1180. The fourth-order valence-electron chi connectivity index (χ4n) is 6.54. The molecule has 4 saturated carbocycles. The first-order valence-electron chi connectivity index (χ1n) is 11.1. The van der Waals surface area contributed by atoms with Gasteiger partial charge in [-0.25, -0.2) is 9.59 Å². The summed E-state index contributed by atoms with van der Waals surface area (Å²) in [4.78, 5) is 22.5. The lowest BCUT2D eigenvalue weighted by Gasteiger charge is -2.57. The third-order valence-corrected chi connectivity index (χ3v) is 7.50. The summed E-state index contributed by atoms with van der Waals surface area (Å²) in [5.74, 6) is 11.6. The van der Waals surface area contributed by atoms with Gasteiger partial charge in [-0.15, -0.1) is 0 Å². The summed E-state index contributed by atoms with van der Waals surface area (Å²) in [5, 5.41) is 18.4. The largest absolute Gasteiger partial charge is 0.478 e. The smallest absolute Gasteiger partial charge is 0.336 e. The van der Waals surface area contributed by atoms with E-state index >= 15 is 0 Å². The van der Waals surface area contributed by atoms with Gasteiger partial charge in [0.1, 0.15) is 0 Å². The second-order valence-corrected chi connectivity index (χ2v) is 9.65. The summed E-state index contributed by atoms with van der Waals surface area (Å²) in [6.45, 7) is 0. The Hall–Kier alpha value is -3.50. The highest BCUT2D eigenvalue weighted by molar-refractivity contribution is 5.95. The first kappa shape index (κ1) is 20.4. The molecule has 0 amide bonds. The molecular weight excluding hydrogens is 400 g/mol. The first-order valence-corrected chi connectivity index (χ1v) is 11.1. The van der Waals surface area contributed by atoms with Crippen LogP contribution in [0.15, 0.2) is 42.5 Å². The summed E-state index contributed by atoms with van der Waals surface area (Å²) >= 11 is 0. The zero-order valence-corrected chi connectivity index (χ0v) is 17.7. The monoisotopic (exact) mass is 424 g/mol. The Balaban J connectivity index is 1.33. The van der Waals surface area contributed by atoms with E-state index in [9.17, 15) is 14.7 Å². The van der Waals surface area contributed by atoms with E-state index in [0.717, 1.165) is 29.4 Å². The predicted octanol–water partition coefficient (Wildman–Crippen LogP) is 4.95. The minimum absolute atomic E-state index is 0.0850. The van der Waals surface area contributed by atoms with E-state index in [4.69, 9.17) is 5.11 Å².